The van der Waals surface area contributed by atoms with Gasteiger partial charge in [0.1, 0.15) is 6.61 Å². The van der Waals surface area contributed by atoms with Crippen LogP contribution in [-0.4, -0.2) is 38.5 Å². The fraction of sp³-hybridized carbons (Fsp3) is 0.222. The Balaban J connectivity index is 1.92. The average Bonchev–Trinajstić information content (AvgIpc) is 3.20. The van der Waals surface area contributed by atoms with Gasteiger partial charge in [0.05, 0.1) is 43.2 Å². The van der Waals surface area contributed by atoms with Crippen LogP contribution < -0.4 is 29.1 Å². The van der Waals surface area contributed by atoms with Crippen LogP contribution in [0.4, 0.5) is 0 Å². The number of fused-ring (bicyclic) bond motifs is 1. The van der Waals surface area contributed by atoms with Gasteiger partial charge in [0.25, 0.3) is 5.56 Å². The number of aromatic nitrogens is 1. The number of thiazole rings is 1. The van der Waals surface area contributed by atoms with Crippen LogP contribution in [0, 0.1) is 0 Å². The van der Waals surface area contributed by atoms with Crippen LogP contribution in [0.3, 0.4) is 0 Å². The molecule has 0 spiro atoms. The van der Waals surface area contributed by atoms with Gasteiger partial charge in [-0.25, -0.2) is 9.79 Å². The summed E-state index contributed by atoms with van der Waals surface area (Å²) in [6.45, 7) is 5.41. The molecule has 0 unspecified atom stereocenters. The summed E-state index contributed by atoms with van der Waals surface area (Å²) >= 11 is 1.24. The van der Waals surface area contributed by atoms with Crippen molar-refractivity contribution in [3.8, 4) is 17.2 Å². The summed E-state index contributed by atoms with van der Waals surface area (Å²) in [5, 5.41) is 0. The summed E-state index contributed by atoms with van der Waals surface area (Å²) in [6.07, 6.45) is 3.24. The van der Waals surface area contributed by atoms with E-state index in [1.807, 2.05) is 30.3 Å². The first-order valence-electron chi connectivity index (χ1n) is 11.1. The summed E-state index contributed by atoms with van der Waals surface area (Å²) in [5.74, 6) is 0.868. The van der Waals surface area contributed by atoms with Crippen molar-refractivity contribution in [1.82, 2.24) is 4.57 Å². The van der Waals surface area contributed by atoms with Gasteiger partial charge in [-0.05, 0) is 36.3 Å². The second-order valence-electron chi connectivity index (χ2n) is 7.84. The van der Waals surface area contributed by atoms with Crippen LogP contribution in [0.2, 0.25) is 0 Å². The van der Waals surface area contributed by atoms with Gasteiger partial charge in [-0.3, -0.25) is 9.36 Å². The highest BCUT2D eigenvalue weighted by Gasteiger charge is 2.33. The van der Waals surface area contributed by atoms with E-state index in [1.54, 1.807) is 29.7 Å². The number of hydrogen-bond acceptors (Lipinski definition) is 8. The van der Waals surface area contributed by atoms with Gasteiger partial charge in [-0.15, -0.1) is 0 Å². The Labute approximate surface area is 212 Å². The van der Waals surface area contributed by atoms with Gasteiger partial charge in [0.15, 0.2) is 16.3 Å². The van der Waals surface area contributed by atoms with Crippen LogP contribution in [0.15, 0.2) is 76.2 Å². The molecule has 2 heterocycles. The van der Waals surface area contributed by atoms with Crippen molar-refractivity contribution in [1.29, 1.82) is 0 Å². The number of ether oxygens (including phenoxy) is 4. The molecule has 0 fully saturated rings. The van der Waals surface area contributed by atoms with Crippen molar-refractivity contribution in [3.63, 3.8) is 0 Å². The van der Waals surface area contributed by atoms with Crippen LogP contribution in [0.5, 0.6) is 17.2 Å². The molecule has 0 saturated carbocycles. The third-order valence-corrected chi connectivity index (χ3v) is 6.66. The molecule has 8 nitrogen and oxygen atoms in total. The van der Waals surface area contributed by atoms with Crippen LogP contribution in [-0.2, 0) is 9.53 Å². The third kappa shape index (κ3) is 4.57. The lowest BCUT2D eigenvalue weighted by atomic mass is 9.96. The van der Waals surface area contributed by atoms with E-state index >= 15 is 0 Å². The van der Waals surface area contributed by atoms with Gasteiger partial charge in [-0.1, -0.05) is 54.3 Å². The van der Waals surface area contributed by atoms with Crippen molar-refractivity contribution in [2.24, 2.45) is 4.99 Å². The first-order valence-corrected chi connectivity index (χ1v) is 11.9. The number of methoxy groups -OCH3 is 3. The molecule has 1 aliphatic rings. The molecule has 0 amide bonds. The van der Waals surface area contributed by atoms with Gasteiger partial charge in [0, 0.05) is 0 Å². The molecule has 0 radical (unpaired) electrons. The second-order valence-corrected chi connectivity index (χ2v) is 8.85. The van der Waals surface area contributed by atoms with E-state index in [0.29, 0.717) is 43.4 Å². The van der Waals surface area contributed by atoms with Crippen molar-refractivity contribution >= 4 is 23.4 Å². The highest BCUT2D eigenvalue weighted by Crippen LogP contribution is 2.38. The summed E-state index contributed by atoms with van der Waals surface area (Å²) in [7, 11) is 4.59. The molecule has 0 aliphatic carbocycles. The highest BCUT2D eigenvalue weighted by atomic mass is 32.1. The Bertz CT molecular complexity index is 1490. The molecule has 3 aromatic rings. The maximum absolute atomic E-state index is 13.7. The lowest BCUT2D eigenvalue weighted by Gasteiger charge is -2.24. The molecule has 0 bridgehead atoms. The lowest BCUT2D eigenvalue weighted by molar-refractivity contribution is -0.138. The molecule has 1 atom stereocenters. The Morgan fingerprint density at radius 3 is 2.36 bits per heavy atom. The summed E-state index contributed by atoms with van der Waals surface area (Å²) < 4.78 is 23.6. The van der Waals surface area contributed by atoms with Crippen molar-refractivity contribution in [2.75, 3.05) is 27.9 Å². The van der Waals surface area contributed by atoms with Gasteiger partial charge in [-0.2, -0.15) is 0 Å². The molecule has 1 aromatic heterocycles. The van der Waals surface area contributed by atoms with Crippen LogP contribution in [0.1, 0.15) is 24.1 Å². The van der Waals surface area contributed by atoms with E-state index < -0.39 is 12.0 Å². The molecule has 0 saturated heterocycles. The lowest BCUT2D eigenvalue weighted by Crippen LogP contribution is -2.39. The zero-order valence-corrected chi connectivity index (χ0v) is 21.3. The van der Waals surface area contributed by atoms with Gasteiger partial charge < -0.3 is 18.9 Å². The molecule has 1 aliphatic heterocycles. The zero-order chi connectivity index (χ0) is 25.8. The van der Waals surface area contributed by atoms with Crippen molar-refractivity contribution in [2.45, 2.75) is 13.0 Å². The Morgan fingerprint density at radius 1 is 1.11 bits per heavy atom. The number of carbonyl (C=O) groups is 1. The van der Waals surface area contributed by atoms with Crippen LogP contribution >= 0.6 is 11.3 Å². The quantitative estimate of drug-likeness (QED) is 0.345. The first-order chi connectivity index (χ1) is 17.4. The number of hydrogen-bond donors (Lipinski definition) is 0. The maximum Gasteiger partial charge on any atom is 0.338 e. The fourth-order valence-corrected chi connectivity index (χ4v) is 5.13. The van der Waals surface area contributed by atoms with Crippen LogP contribution in [0.25, 0.3) is 6.08 Å². The summed E-state index contributed by atoms with van der Waals surface area (Å²) in [4.78, 5) is 31.8. The van der Waals surface area contributed by atoms with E-state index in [9.17, 15) is 9.59 Å². The predicted octanol–water partition coefficient (Wildman–Crippen LogP) is 2.99. The molecule has 36 heavy (non-hydrogen) atoms. The largest absolute Gasteiger partial charge is 0.493 e. The number of benzene rings is 2. The fourth-order valence-electron chi connectivity index (χ4n) is 4.08. The Kier molecular flexibility index (Phi) is 7.40. The molecule has 9 heteroatoms. The molecule has 4 rings (SSSR count). The molecule has 0 N–H and O–H groups in total. The molecule has 186 valence electrons. The summed E-state index contributed by atoms with van der Waals surface area (Å²) in [5.41, 5.74) is 2.00. The average molecular weight is 507 g/mol. The molecular formula is C27H26N2O6S. The second kappa shape index (κ2) is 10.7. The zero-order valence-electron chi connectivity index (χ0n) is 20.4. The van der Waals surface area contributed by atoms with E-state index in [1.165, 1.54) is 38.7 Å². The third-order valence-electron chi connectivity index (χ3n) is 5.67. The first kappa shape index (κ1) is 25.0. The van der Waals surface area contributed by atoms with Gasteiger partial charge >= 0.3 is 5.97 Å². The monoisotopic (exact) mass is 506 g/mol. The minimum Gasteiger partial charge on any atom is -0.493 e. The van der Waals surface area contributed by atoms with E-state index in [-0.39, 0.29) is 12.2 Å². The molecule has 2 aromatic carbocycles. The van der Waals surface area contributed by atoms with E-state index in [2.05, 4.69) is 11.6 Å². The van der Waals surface area contributed by atoms with Crippen molar-refractivity contribution < 1.29 is 23.7 Å². The van der Waals surface area contributed by atoms with Crippen molar-refractivity contribution in [3.05, 3.63) is 97.2 Å². The van der Waals surface area contributed by atoms with E-state index in [0.717, 1.165) is 5.56 Å². The van der Waals surface area contributed by atoms with E-state index in [4.69, 9.17) is 18.9 Å². The number of nitrogens with zero attached hydrogens (tertiary/aromatic N) is 2. The van der Waals surface area contributed by atoms with Gasteiger partial charge in [0.2, 0.25) is 5.75 Å². The molecular weight excluding hydrogens is 480 g/mol. The SMILES string of the molecule is C=CCOC(=O)C1=C(C)N=c2s/c(=C\c3cc(OC)c(OC)c(OC)c3)c(=O)n2[C@@H]1c1ccccc1. The normalized spacial score (nSPS) is 15.1. The minimum atomic E-state index is -0.679. The minimum absolute atomic E-state index is 0.0582. The Hall–Kier alpha value is -4.11. The Morgan fingerprint density at radius 2 is 1.78 bits per heavy atom. The smallest absolute Gasteiger partial charge is 0.338 e. The number of esters is 1. The highest BCUT2D eigenvalue weighted by molar-refractivity contribution is 7.07. The number of carbonyl (C=O) groups excluding carboxylic acids is 1. The number of rotatable bonds is 8. The predicted molar refractivity (Wildman–Crippen MR) is 137 cm³/mol. The number of allylic oxidation sites excluding steroid dienone is 1. The topological polar surface area (TPSA) is 88.4 Å². The standard InChI is InChI=1S/C27H26N2O6S/c1-6-12-35-26(31)22-16(2)28-27-29(23(22)18-10-8-7-9-11-18)25(30)21(36-27)15-17-13-19(32-3)24(34-5)20(14-17)33-4/h6-11,13-15,23H,1,12H2,2-5H3/b21-15-/t23-/m1/s1. The summed E-state index contributed by atoms with van der Waals surface area (Å²) in [6, 6.07) is 12.2. The maximum atomic E-state index is 13.7.